The van der Waals surface area contributed by atoms with Crippen molar-refractivity contribution in [2.45, 2.75) is 24.4 Å². The van der Waals surface area contributed by atoms with E-state index in [-0.39, 0.29) is 17.8 Å². The zero-order valence-corrected chi connectivity index (χ0v) is 14.4. The van der Waals surface area contributed by atoms with Crippen molar-refractivity contribution in [1.82, 2.24) is 5.32 Å². The summed E-state index contributed by atoms with van der Waals surface area (Å²) in [4.78, 5) is 12.7. The van der Waals surface area contributed by atoms with Crippen molar-refractivity contribution in [2.24, 2.45) is 0 Å². The molecule has 4 nitrogen and oxygen atoms in total. The first kappa shape index (κ1) is 17.4. The lowest BCUT2D eigenvalue weighted by atomic mass is 9.95. The highest BCUT2D eigenvalue weighted by molar-refractivity contribution is 5.91. The molecule has 0 saturated heterocycles. The van der Waals surface area contributed by atoms with Crippen LogP contribution in [0.5, 0.6) is 5.75 Å². The normalized spacial score (nSPS) is 16.1. The lowest BCUT2D eigenvalue weighted by Crippen LogP contribution is -2.37. The zero-order valence-electron chi connectivity index (χ0n) is 14.4. The van der Waals surface area contributed by atoms with Gasteiger partial charge in [0.25, 0.3) is 0 Å². The molecule has 3 rings (SSSR count). The molecule has 1 aliphatic carbocycles. The third-order valence-electron chi connectivity index (χ3n) is 4.78. The summed E-state index contributed by atoms with van der Waals surface area (Å²) in [5.41, 5.74) is 1.27. The number of hydrogen-bond donors (Lipinski definition) is 1. The summed E-state index contributed by atoms with van der Waals surface area (Å²) in [5.74, 6) is 0.414. The van der Waals surface area contributed by atoms with Gasteiger partial charge in [0.15, 0.2) is 0 Å². The number of rotatable bonds is 7. The van der Waals surface area contributed by atoms with Crippen LogP contribution in [0.4, 0.5) is 4.39 Å². The first-order chi connectivity index (χ1) is 12.1. The molecule has 0 unspecified atom stereocenters. The first-order valence-corrected chi connectivity index (χ1v) is 8.30. The van der Waals surface area contributed by atoms with Crippen molar-refractivity contribution in [3.63, 3.8) is 0 Å². The van der Waals surface area contributed by atoms with Gasteiger partial charge < -0.3 is 14.8 Å². The SMILES string of the molecule is COc1cccc([C@@H](CNC(=O)C2(c3ccc(F)cc3)CC2)OC)c1. The highest BCUT2D eigenvalue weighted by Crippen LogP contribution is 2.48. The maximum absolute atomic E-state index is 13.1. The third-order valence-corrected chi connectivity index (χ3v) is 4.78. The molecule has 2 aromatic carbocycles. The van der Waals surface area contributed by atoms with Crippen LogP contribution in [0.2, 0.25) is 0 Å². The maximum Gasteiger partial charge on any atom is 0.230 e. The number of hydrogen-bond acceptors (Lipinski definition) is 3. The first-order valence-electron chi connectivity index (χ1n) is 8.30. The van der Waals surface area contributed by atoms with Crippen molar-refractivity contribution in [3.8, 4) is 5.75 Å². The summed E-state index contributed by atoms with van der Waals surface area (Å²) in [6.07, 6.45) is 1.30. The minimum absolute atomic E-state index is 0.0379. The van der Waals surface area contributed by atoms with Gasteiger partial charge in [-0.15, -0.1) is 0 Å². The van der Waals surface area contributed by atoms with Gasteiger partial charge in [-0.1, -0.05) is 24.3 Å². The summed E-state index contributed by atoms with van der Waals surface area (Å²) >= 11 is 0. The van der Waals surface area contributed by atoms with Gasteiger partial charge in [-0.05, 0) is 48.2 Å². The Labute approximate surface area is 147 Å². The highest BCUT2D eigenvalue weighted by atomic mass is 19.1. The van der Waals surface area contributed by atoms with Crippen molar-refractivity contribution < 1.29 is 18.7 Å². The molecular formula is C20H22FNO3. The van der Waals surface area contributed by atoms with Gasteiger partial charge in [-0.25, -0.2) is 4.39 Å². The summed E-state index contributed by atoms with van der Waals surface area (Å²) < 4.78 is 23.9. The fraction of sp³-hybridized carbons (Fsp3) is 0.350. The van der Waals surface area contributed by atoms with E-state index < -0.39 is 5.41 Å². The Morgan fingerprint density at radius 2 is 1.92 bits per heavy atom. The molecule has 1 amide bonds. The molecule has 1 atom stereocenters. The number of halogens is 1. The fourth-order valence-electron chi connectivity index (χ4n) is 3.07. The van der Waals surface area contributed by atoms with Crippen LogP contribution >= 0.6 is 0 Å². The van der Waals surface area contributed by atoms with E-state index in [0.29, 0.717) is 6.54 Å². The zero-order chi connectivity index (χ0) is 17.9. The second-order valence-corrected chi connectivity index (χ2v) is 6.30. The molecular weight excluding hydrogens is 321 g/mol. The van der Waals surface area contributed by atoms with E-state index in [4.69, 9.17) is 9.47 Å². The second kappa shape index (κ2) is 7.23. The largest absolute Gasteiger partial charge is 0.497 e. The second-order valence-electron chi connectivity index (χ2n) is 6.30. The molecule has 1 N–H and O–H groups in total. The van der Waals surface area contributed by atoms with E-state index in [2.05, 4.69) is 5.32 Å². The Balaban J connectivity index is 1.67. The molecule has 1 saturated carbocycles. The smallest absolute Gasteiger partial charge is 0.230 e. The van der Waals surface area contributed by atoms with Crippen molar-refractivity contribution in [3.05, 3.63) is 65.5 Å². The molecule has 1 aliphatic rings. The molecule has 0 heterocycles. The van der Waals surface area contributed by atoms with Gasteiger partial charge in [0, 0.05) is 13.7 Å². The summed E-state index contributed by atoms with van der Waals surface area (Å²) in [6.45, 7) is 0.367. The van der Waals surface area contributed by atoms with Crippen LogP contribution < -0.4 is 10.1 Å². The Kier molecular flexibility index (Phi) is 5.04. The number of methoxy groups -OCH3 is 2. The molecule has 0 spiro atoms. The van der Waals surface area contributed by atoms with Gasteiger partial charge in [-0.2, -0.15) is 0 Å². The van der Waals surface area contributed by atoms with Gasteiger partial charge in [-0.3, -0.25) is 4.79 Å². The average Bonchev–Trinajstić information content (AvgIpc) is 3.45. The summed E-state index contributed by atoms with van der Waals surface area (Å²) in [7, 11) is 3.23. The van der Waals surface area contributed by atoms with E-state index in [1.165, 1.54) is 12.1 Å². The van der Waals surface area contributed by atoms with Gasteiger partial charge in [0.1, 0.15) is 11.6 Å². The molecule has 0 aliphatic heterocycles. The van der Waals surface area contributed by atoms with E-state index in [1.807, 2.05) is 24.3 Å². The van der Waals surface area contributed by atoms with Crippen molar-refractivity contribution >= 4 is 5.91 Å². The van der Waals surface area contributed by atoms with Crippen LogP contribution in [0.25, 0.3) is 0 Å². The van der Waals surface area contributed by atoms with E-state index in [0.717, 1.165) is 29.7 Å². The molecule has 25 heavy (non-hydrogen) atoms. The van der Waals surface area contributed by atoms with Gasteiger partial charge >= 0.3 is 0 Å². The number of carbonyl (C=O) groups excluding carboxylic acids is 1. The lowest BCUT2D eigenvalue weighted by Gasteiger charge is -2.20. The molecule has 0 radical (unpaired) electrons. The third kappa shape index (κ3) is 3.66. The fourth-order valence-corrected chi connectivity index (χ4v) is 3.07. The van der Waals surface area contributed by atoms with Crippen LogP contribution in [0.1, 0.15) is 30.1 Å². The topological polar surface area (TPSA) is 47.6 Å². The number of benzene rings is 2. The van der Waals surface area contributed by atoms with Crippen LogP contribution in [0.15, 0.2) is 48.5 Å². The van der Waals surface area contributed by atoms with Gasteiger partial charge in [0.2, 0.25) is 5.91 Å². The Morgan fingerprint density at radius 1 is 1.20 bits per heavy atom. The molecule has 1 fully saturated rings. The van der Waals surface area contributed by atoms with Crippen molar-refractivity contribution in [1.29, 1.82) is 0 Å². The molecule has 0 bridgehead atoms. The Bertz CT molecular complexity index is 741. The Morgan fingerprint density at radius 3 is 2.52 bits per heavy atom. The molecule has 0 aromatic heterocycles. The van der Waals surface area contributed by atoms with Crippen molar-refractivity contribution in [2.75, 3.05) is 20.8 Å². The standard InChI is InChI=1S/C20H22FNO3/c1-24-17-5-3-4-14(12-17)18(25-2)13-22-19(23)20(10-11-20)15-6-8-16(21)9-7-15/h3-9,12,18H,10-11,13H2,1-2H3,(H,22,23)/t18-/m1/s1. The monoisotopic (exact) mass is 343 g/mol. The minimum Gasteiger partial charge on any atom is -0.497 e. The van der Waals surface area contributed by atoms with Crippen LogP contribution in [0.3, 0.4) is 0 Å². The maximum atomic E-state index is 13.1. The number of nitrogens with one attached hydrogen (secondary N) is 1. The van der Waals surface area contributed by atoms with Crippen LogP contribution in [-0.4, -0.2) is 26.7 Å². The molecule has 2 aromatic rings. The van der Waals surface area contributed by atoms with Crippen LogP contribution in [-0.2, 0) is 14.9 Å². The van der Waals surface area contributed by atoms with E-state index >= 15 is 0 Å². The number of carbonyl (C=O) groups is 1. The number of ether oxygens (including phenoxy) is 2. The quantitative estimate of drug-likeness (QED) is 0.838. The van der Waals surface area contributed by atoms with Gasteiger partial charge in [0.05, 0.1) is 18.6 Å². The average molecular weight is 343 g/mol. The van der Waals surface area contributed by atoms with Crippen LogP contribution in [0, 0.1) is 5.82 Å². The molecule has 132 valence electrons. The summed E-state index contributed by atoms with van der Waals surface area (Å²) in [6, 6.07) is 13.8. The highest BCUT2D eigenvalue weighted by Gasteiger charge is 2.51. The minimum atomic E-state index is -0.527. The summed E-state index contributed by atoms with van der Waals surface area (Å²) in [5, 5.41) is 2.99. The predicted molar refractivity (Wildman–Crippen MR) is 93.1 cm³/mol. The Hall–Kier alpha value is -2.40. The van der Waals surface area contributed by atoms with E-state index in [9.17, 15) is 9.18 Å². The molecule has 5 heteroatoms. The number of amides is 1. The van der Waals surface area contributed by atoms with E-state index in [1.54, 1.807) is 26.4 Å². The lowest BCUT2D eigenvalue weighted by molar-refractivity contribution is -0.124. The predicted octanol–water partition coefficient (Wildman–Crippen LogP) is 3.37.